The predicted octanol–water partition coefficient (Wildman–Crippen LogP) is 0.983. The molecule has 1 aromatic heterocycles. The largest absolute Gasteiger partial charge is 0.391 e. The zero-order valence-electron chi connectivity index (χ0n) is 9.48. The fourth-order valence-corrected chi connectivity index (χ4v) is 2.07. The smallest absolute Gasteiger partial charge is 0.254 e. The van der Waals surface area contributed by atoms with Crippen LogP contribution in [0, 0.1) is 0 Å². The summed E-state index contributed by atoms with van der Waals surface area (Å²) >= 11 is 5.84. The first-order valence-electron chi connectivity index (χ1n) is 5.43. The van der Waals surface area contributed by atoms with Crippen LogP contribution >= 0.6 is 11.6 Å². The van der Waals surface area contributed by atoms with Gasteiger partial charge in [-0.2, -0.15) is 0 Å². The van der Waals surface area contributed by atoms with Gasteiger partial charge in [-0.05, 0) is 18.6 Å². The molecule has 0 bridgehead atoms. The lowest BCUT2D eigenvalue weighted by atomic mass is 10.2. The third kappa shape index (κ3) is 2.68. The fourth-order valence-electron chi connectivity index (χ4n) is 1.86. The molecule has 0 saturated carbocycles. The fraction of sp³-hybridized carbons (Fsp3) is 0.455. The zero-order chi connectivity index (χ0) is 12.4. The van der Waals surface area contributed by atoms with Crippen molar-refractivity contribution in [3.8, 4) is 0 Å². The molecule has 92 valence electrons. The number of anilines is 1. The molecule has 5 nitrogen and oxygen atoms in total. The van der Waals surface area contributed by atoms with Crippen molar-refractivity contribution in [1.29, 1.82) is 0 Å². The molecular formula is C11H14ClN3O2. The number of aliphatic hydroxyl groups excluding tert-OH is 1. The van der Waals surface area contributed by atoms with Crippen LogP contribution in [0.2, 0.25) is 5.15 Å². The summed E-state index contributed by atoms with van der Waals surface area (Å²) in [5, 5.41) is 12.5. The van der Waals surface area contributed by atoms with Crippen molar-refractivity contribution in [3.63, 3.8) is 0 Å². The first kappa shape index (κ1) is 12.1. The van der Waals surface area contributed by atoms with Crippen molar-refractivity contribution in [1.82, 2.24) is 9.88 Å². The van der Waals surface area contributed by atoms with Gasteiger partial charge in [-0.1, -0.05) is 11.6 Å². The number of halogens is 1. The Morgan fingerprint density at radius 1 is 1.65 bits per heavy atom. The molecule has 0 aromatic carbocycles. The molecule has 1 fully saturated rings. The van der Waals surface area contributed by atoms with Crippen LogP contribution in [0.4, 0.5) is 5.82 Å². The van der Waals surface area contributed by atoms with Gasteiger partial charge in [0.15, 0.2) is 0 Å². The van der Waals surface area contributed by atoms with E-state index in [1.807, 2.05) is 0 Å². The van der Waals surface area contributed by atoms with Gasteiger partial charge in [0.1, 0.15) is 11.0 Å². The third-order valence-corrected chi connectivity index (χ3v) is 2.94. The van der Waals surface area contributed by atoms with Gasteiger partial charge < -0.3 is 15.3 Å². The summed E-state index contributed by atoms with van der Waals surface area (Å²) in [6, 6.07) is 3.19. The Morgan fingerprint density at radius 2 is 2.41 bits per heavy atom. The Hall–Kier alpha value is -1.33. The van der Waals surface area contributed by atoms with E-state index >= 15 is 0 Å². The number of hydrogen-bond acceptors (Lipinski definition) is 4. The second-order valence-electron chi connectivity index (χ2n) is 4.01. The lowest BCUT2D eigenvalue weighted by Gasteiger charge is -2.16. The number of likely N-dealkylation sites (tertiary alicyclic amines) is 1. The quantitative estimate of drug-likeness (QED) is 0.774. The van der Waals surface area contributed by atoms with E-state index in [0.29, 0.717) is 30.9 Å². The Morgan fingerprint density at radius 3 is 3.00 bits per heavy atom. The van der Waals surface area contributed by atoms with E-state index in [1.165, 1.54) is 6.07 Å². The van der Waals surface area contributed by atoms with E-state index in [9.17, 15) is 9.90 Å². The monoisotopic (exact) mass is 255 g/mol. The maximum atomic E-state index is 12.1. The van der Waals surface area contributed by atoms with Crippen LogP contribution in [0.15, 0.2) is 12.1 Å². The second-order valence-corrected chi connectivity index (χ2v) is 4.39. The highest BCUT2D eigenvalue weighted by Crippen LogP contribution is 2.18. The van der Waals surface area contributed by atoms with Gasteiger partial charge in [-0.15, -0.1) is 0 Å². The number of rotatable bonds is 2. The second kappa shape index (κ2) is 4.89. The number of pyridine rings is 1. The van der Waals surface area contributed by atoms with Crippen LogP contribution in [0.3, 0.4) is 0 Å². The number of nitrogens with one attached hydrogen (secondary N) is 1. The first-order chi connectivity index (χ1) is 8.10. The molecule has 2 N–H and O–H groups in total. The normalized spacial score (nSPS) is 19.5. The molecule has 0 spiro atoms. The van der Waals surface area contributed by atoms with Crippen molar-refractivity contribution in [2.75, 3.05) is 25.5 Å². The summed E-state index contributed by atoms with van der Waals surface area (Å²) in [6.45, 7) is 0.961. The predicted molar refractivity (Wildman–Crippen MR) is 65.3 cm³/mol. The van der Waals surface area contributed by atoms with E-state index in [0.717, 1.165) is 0 Å². The van der Waals surface area contributed by atoms with Crippen LogP contribution in [-0.2, 0) is 0 Å². The summed E-state index contributed by atoms with van der Waals surface area (Å²) in [5.41, 5.74) is 0.489. The van der Waals surface area contributed by atoms with Crippen molar-refractivity contribution >= 4 is 23.3 Å². The van der Waals surface area contributed by atoms with E-state index in [4.69, 9.17) is 11.6 Å². The Labute approximate surface area is 104 Å². The zero-order valence-corrected chi connectivity index (χ0v) is 10.2. The number of carbonyl (C=O) groups excluding carboxylic acids is 1. The summed E-state index contributed by atoms with van der Waals surface area (Å²) in [6.07, 6.45) is 0.212. The highest BCUT2D eigenvalue weighted by molar-refractivity contribution is 6.29. The molecule has 1 atom stereocenters. The third-order valence-electron chi connectivity index (χ3n) is 2.75. The minimum absolute atomic E-state index is 0.123. The Kier molecular flexibility index (Phi) is 3.49. The molecule has 0 radical (unpaired) electrons. The molecule has 1 aromatic rings. The van der Waals surface area contributed by atoms with E-state index < -0.39 is 6.10 Å². The maximum Gasteiger partial charge on any atom is 0.254 e. The highest BCUT2D eigenvalue weighted by atomic mass is 35.5. The minimum Gasteiger partial charge on any atom is -0.391 e. The molecule has 2 rings (SSSR count). The van der Waals surface area contributed by atoms with Crippen LogP contribution < -0.4 is 5.32 Å². The van der Waals surface area contributed by atoms with E-state index in [2.05, 4.69) is 10.3 Å². The van der Waals surface area contributed by atoms with Crippen LogP contribution in [0.25, 0.3) is 0 Å². The molecule has 1 aliphatic heterocycles. The molecule has 1 aliphatic rings. The molecule has 0 aliphatic carbocycles. The summed E-state index contributed by atoms with van der Waals surface area (Å²) in [7, 11) is 1.71. The topological polar surface area (TPSA) is 65.5 Å². The van der Waals surface area contributed by atoms with Gasteiger partial charge in [0.2, 0.25) is 0 Å². The number of amides is 1. The molecule has 2 heterocycles. The van der Waals surface area contributed by atoms with E-state index in [1.54, 1.807) is 18.0 Å². The number of carbonyl (C=O) groups is 1. The molecule has 1 unspecified atom stereocenters. The van der Waals surface area contributed by atoms with Crippen molar-refractivity contribution in [3.05, 3.63) is 22.8 Å². The van der Waals surface area contributed by atoms with Crippen LogP contribution in [0.5, 0.6) is 0 Å². The number of β-amino-alcohol motifs (C(OH)–C–C–N with tert-alkyl or cyclic N) is 1. The molecule has 1 saturated heterocycles. The van der Waals surface area contributed by atoms with Gasteiger partial charge in [-0.25, -0.2) is 4.98 Å². The maximum absolute atomic E-state index is 12.1. The molecule has 1 amide bonds. The molecule has 17 heavy (non-hydrogen) atoms. The lowest BCUT2D eigenvalue weighted by Crippen LogP contribution is -2.29. The highest BCUT2D eigenvalue weighted by Gasteiger charge is 2.25. The van der Waals surface area contributed by atoms with Gasteiger partial charge in [0.05, 0.1) is 6.10 Å². The van der Waals surface area contributed by atoms with Crippen LogP contribution in [-0.4, -0.2) is 47.1 Å². The first-order valence-corrected chi connectivity index (χ1v) is 5.80. The van der Waals surface area contributed by atoms with Gasteiger partial charge >= 0.3 is 0 Å². The Bertz CT molecular complexity index is 439. The average molecular weight is 256 g/mol. The number of aliphatic hydroxyl groups is 1. The van der Waals surface area contributed by atoms with Crippen molar-refractivity contribution in [2.24, 2.45) is 0 Å². The van der Waals surface area contributed by atoms with Gasteiger partial charge in [0, 0.05) is 25.7 Å². The van der Waals surface area contributed by atoms with Crippen LogP contribution in [0.1, 0.15) is 16.8 Å². The van der Waals surface area contributed by atoms with E-state index in [-0.39, 0.29) is 11.1 Å². The number of nitrogens with zero attached hydrogens (tertiary/aromatic N) is 2. The molecule has 6 heteroatoms. The SMILES string of the molecule is CNc1cc(C(=O)N2CCC(O)C2)cc(Cl)n1. The standard InChI is InChI=1S/C11H14ClN3O2/c1-13-10-5-7(4-9(12)14-10)11(17)15-3-2-8(16)6-15/h4-5,8,16H,2-3,6H2,1H3,(H,13,14). The Balaban J connectivity index is 2.21. The van der Waals surface area contributed by atoms with Crippen molar-refractivity contribution in [2.45, 2.75) is 12.5 Å². The van der Waals surface area contributed by atoms with Gasteiger partial charge in [0.25, 0.3) is 5.91 Å². The number of hydrogen-bond donors (Lipinski definition) is 2. The minimum atomic E-state index is -0.417. The molecular weight excluding hydrogens is 242 g/mol. The van der Waals surface area contributed by atoms with Gasteiger partial charge in [-0.3, -0.25) is 4.79 Å². The van der Waals surface area contributed by atoms with Crippen molar-refractivity contribution < 1.29 is 9.90 Å². The summed E-state index contributed by atoms with van der Waals surface area (Å²) in [4.78, 5) is 17.7. The summed E-state index contributed by atoms with van der Waals surface area (Å²) < 4.78 is 0. The lowest BCUT2D eigenvalue weighted by molar-refractivity contribution is 0.0765. The number of aromatic nitrogens is 1. The summed E-state index contributed by atoms with van der Waals surface area (Å²) in [5.74, 6) is 0.433. The average Bonchev–Trinajstić information content (AvgIpc) is 2.74.